The van der Waals surface area contributed by atoms with Gasteiger partial charge in [-0.2, -0.15) is 5.26 Å². The fourth-order valence-corrected chi connectivity index (χ4v) is 4.41. The van der Waals surface area contributed by atoms with Crippen LogP contribution < -0.4 is 5.32 Å². The number of pyridine rings is 1. The minimum atomic E-state index is -1.41. The summed E-state index contributed by atoms with van der Waals surface area (Å²) in [5.74, 6) is -0.457. The number of rotatable bonds is 6. The highest BCUT2D eigenvalue weighted by molar-refractivity contribution is 5.42. The molecule has 1 saturated heterocycles. The second kappa shape index (κ2) is 9.01. The summed E-state index contributed by atoms with van der Waals surface area (Å²) >= 11 is 0. The highest BCUT2D eigenvalue weighted by atomic mass is 19.1. The number of benzene rings is 1. The summed E-state index contributed by atoms with van der Waals surface area (Å²) in [7, 11) is 0. The highest BCUT2D eigenvalue weighted by Gasteiger charge is 2.44. The molecule has 0 bridgehead atoms. The van der Waals surface area contributed by atoms with Crippen LogP contribution in [0.1, 0.15) is 30.9 Å². The lowest BCUT2D eigenvalue weighted by Gasteiger charge is -2.41. The summed E-state index contributed by atoms with van der Waals surface area (Å²) in [5.41, 5.74) is 0.396. The van der Waals surface area contributed by atoms with Gasteiger partial charge >= 0.3 is 0 Å². The number of likely N-dealkylation sites (tertiary alicyclic amines) is 1. The first-order valence-electron chi connectivity index (χ1n) is 10.7. The van der Waals surface area contributed by atoms with E-state index < -0.39 is 17.0 Å². The van der Waals surface area contributed by atoms with Crippen molar-refractivity contribution < 1.29 is 9.13 Å². The number of piperidine rings is 1. The predicted octanol–water partition coefficient (Wildman–Crippen LogP) is 4.42. The van der Waals surface area contributed by atoms with Crippen molar-refractivity contribution in [3.63, 3.8) is 0 Å². The van der Waals surface area contributed by atoms with Crippen molar-refractivity contribution in [3.05, 3.63) is 89.7 Å². The largest absolute Gasteiger partial charge is 0.354 e. The lowest BCUT2D eigenvalue weighted by atomic mass is 9.72. The molecule has 1 atom stereocenters. The molecular formula is C25H27FN4O. The molecule has 31 heavy (non-hydrogen) atoms. The number of halogens is 1. The molecule has 6 heteroatoms. The molecule has 1 fully saturated rings. The zero-order valence-electron chi connectivity index (χ0n) is 17.7. The third-order valence-electron chi connectivity index (χ3n) is 6.20. The van der Waals surface area contributed by atoms with E-state index in [1.54, 1.807) is 30.7 Å². The van der Waals surface area contributed by atoms with Crippen molar-refractivity contribution in [1.82, 2.24) is 15.2 Å². The second-order valence-electron chi connectivity index (χ2n) is 8.05. The lowest BCUT2D eigenvalue weighted by Crippen LogP contribution is -2.47. The first kappa shape index (κ1) is 21.2. The van der Waals surface area contributed by atoms with E-state index in [1.165, 1.54) is 11.6 Å². The summed E-state index contributed by atoms with van der Waals surface area (Å²) < 4.78 is 21.4. The molecular weight excluding hydrogens is 391 g/mol. The van der Waals surface area contributed by atoms with E-state index in [1.807, 2.05) is 25.1 Å². The Labute approximate surface area is 182 Å². The van der Waals surface area contributed by atoms with Crippen LogP contribution in [-0.2, 0) is 17.0 Å². The molecule has 3 heterocycles. The Morgan fingerprint density at radius 1 is 1.19 bits per heavy atom. The van der Waals surface area contributed by atoms with Gasteiger partial charge in [0.1, 0.15) is 0 Å². The van der Waals surface area contributed by atoms with Crippen molar-refractivity contribution >= 4 is 0 Å². The lowest BCUT2D eigenvalue weighted by molar-refractivity contribution is -0.0494. The van der Waals surface area contributed by atoms with Crippen LogP contribution in [0.2, 0.25) is 0 Å². The quantitative estimate of drug-likeness (QED) is 0.753. The number of allylic oxidation sites excluding steroid dienone is 2. The molecule has 2 aliphatic rings. The summed E-state index contributed by atoms with van der Waals surface area (Å²) in [6.45, 7) is 4.58. The fourth-order valence-electron chi connectivity index (χ4n) is 4.41. The molecule has 2 aromatic rings. The summed E-state index contributed by atoms with van der Waals surface area (Å²) in [6, 6.07) is 16.3. The fraction of sp³-hybridized carbons (Fsp3) is 0.360. The maximum absolute atomic E-state index is 15.5. The second-order valence-corrected chi connectivity index (χ2v) is 8.05. The SMILES string of the molecule is CCOC1(c2cccnc2)NC=C(C2(C#N)CCN(Cc3ccccc3)CC2)C=C1F. The monoisotopic (exact) mass is 418 g/mol. The maximum Gasteiger partial charge on any atom is 0.219 e. The van der Waals surface area contributed by atoms with Crippen molar-refractivity contribution in [3.8, 4) is 6.07 Å². The molecule has 0 saturated carbocycles. The molecule has 0 aliphatic carbocycles. The van der Waals surface area contributed by atoms with Gasteiger partial charge in [-0.25, -0.2) is 4.39 Å². The van der Waals surface area contributed by atoms with Crippen LogP contribution >= 0.6 is 0 Å². The van der Waals surface area contributed by atoms with E-state index in [0.717, 1.165) is 19.6 Å². The minimum absolute atomic E-state index is 0.324. The molecule has 0 amide bonds. The molecule has 1 aromatic carbocycles. The van der Waals surface area contributed by atoms with Crippen molar-refractivity contribution in [2.45, 2.75) is 32.0 Å². The summed E-state index contributed by atoms with van der Waals surface area (Å²) in [4.78, 5) is 6.46. The van der Waals surface area contributed by atoms with Gasteiger partial charge in [-0.05, 0) is 43.0 Å². The van der Waals surface area contributed by atoms with E-state index >= 15 is 4.39 Å². The van der Waals surface area contributed by atoms with Gasteiger partial charge in [-0.15, -0.1) is 0 Å². The van der Waals surface area contributed by atoms with E-state index in [0.29, 0.717) is 30.6 Å². The van der Waals surface area contributed by atoms with Crippen molar-refractivity contribution in [2.24, 2.45) is 5.41 Å². The Kier molecular flexibility index (Phi) is 6.17. The standard InChI is InChI=1S/C25H27FN4O/c1-2-31-25(21-9-6-12-28-16-21)23(26)15-22(17-29-25)24(19-27)10-13-30(14-11-24)18-20-7-4-3-5-8-20/h3-9,12,15-17,29H,2,10-11,13-14,18H2,1H3. The zero-order valence-corrected chi connectivity index (χ0v) is 17.7. The number of nitrogens with one attached hydrogen (secondary N) is 1. The van der Waals surface area contributed by atoms with Crippen LogP contribution in [0.5, 0.6) is 0 Å². The normalized spacial score (nSPS) is 23.3. The van der Waals surface area contributed by atoms with E-state index in [-0.39, 0.29) is 0 Å². The Morgan fingerprint density at radius 3 is 2.58 bits per heavy atom. The number of ether oxygens (including phenoxy) is 1. The maximum atomic E-state index is 15.5. The molecule has 0 spiro atoms. The molecule has 160 valence electrons. The molecule has 1 N–H and O–H groups in total. The van der Waals surface area contributed by atoms with Crippen LogP contribution in [0.25, 0.3) is 0 Å². The predicted molar refractivity (Wildman–Crippen MR) is 117 cm³/mol. The molecule has 1 aromatic heterocycles. The summed E-state index contributed by atoms with van der Waals surface area (Å²) in [6.07, 6.45) is 7.78. The van der Waals surface area contributed by atoms with Gasteiger partial charge in [0.25, 0.3) is 0 Å². The topological polar surface area (TPSA) is 61.2 Å². The smallest absolute Gasteiger partial charge is 0.219 e. The minimum Gasteiger partial charge on any atom is -0.354 e. The van der Waals surface area contributed by atoms with Gasteiger partial charge < -0.3 is 10.1 Å². The number of hydrogen-bond donors (Lipinski definition) is 1. The Hall–Kier alpha value is -3.01. The third kappa shape index (κ3) is 4.12. The highest BCUT2D eigenvalue weighted by Crippen LogP contribution is 2.44. The molecule has 4 rings (SSSR count). The first-order valence-corrected chi connectivity index (χ1v) is 10.7. The molecule has 2 aliphatic heterocycles. The summed E-state index contributed by atoms with van der Waals surface area (Å²) in [5, 5.41) is 13.2. The Balaban J connectivity index is 1.52. The average molecular weight is 419 g/mol. The van der Waals surface area contributed by atoms with Gasteiger partial charge in [-0.1, -0.05) is 36.4 Å². The average Bonchev–Trinajstić information content (AvgIpc) is 2.82. The van der Waals surface area contributed by atoms with Crippen LogP contribution in [0.4, 0.5) is 4.39 Å². The van der Waals surface area contributed by atoms with Crippen molar-refractivity contribution in [1.29, 1.82) is 5.26 Å². The van der Waals surface area contributed by atoms with E-state index in [2.05, 4.69) is 33.4 Å². The van der Waals surface area contributed by atoms with Crippen LogP contribution in [-0.4, -0.2) is 29.6 Å². The van der Waals surface area contributed by atoms with Crippen LogP contribution in [0, 0.1) is 16.7 Å². The van der Waals surface area contributed by atoms with Crippen LogP contribution in [0.15, 0.2) is 78.5 Å². The third-order valence-corrected chi connectivity index (χ3v) is 6.20. The van der Waals surface area contributed by atoms with E-state index in [4.69, 9.17) is 4.74 Å². The van der Waals surface area contributed by atoms with Crippen LogP contribution in [0.3, 0.4) is 0 Å². The van der Waals surface area contributed by atoms with Gasteiger partial charge in [-0.3, -0.25) is 9.88 Å². The first-order chi connectivity index (χ1) is 15.1. The molecule has 5 nitrogen and oxygen atoms in total. The number of nitriles is 1. The van der Waals surface area contributed by atoms with Gasteiger partial charge in [0, 0.05) is 50.4 Å². The van der Waals surface area contributed by atoms with E-state index in [9.17, 15) is 5.26 Å². The molecule has 0 radical (unpaired) electrons. The zero-order chi connectivity index (χ0) is 21.7. The van der Waals surface area contributed by atoms with Gasteiger partial charge in [0.05, 0.1) is 11.5 Å². The van der Waals surface area contributed by atoms with Crippen molar-refractivity contribution in [2.75, 3.05) is 19.7 Å². The van der Waals surface area contributed by atoms with Gasteiger partial charge in [0.2, 0.25) is 5.72 Å². The Bertz CT molecular complexity index is 991. The number of hydrogen-bond acceptors (Lipinski definition) is 5. The Morgan fingerprint density at radius 2 is 1.97 bits per heavy atom. The number of aromatic nitrogens is 1. The number of nitrogens with zero attached hydrogens (tertiary/aromatic N) is 3. The van der Waals surface area contributed by atoms with Gasteiger partial charge in [0.15, 0.2) is 5.83 Å². The number of dihydropyridines is 1. The molecule has 1 unspecified atom stereocenters.